The molecule has 1 atom stereocenters. The van der Waals surface area contributed by atoms with Crippen LogP contribution in [0.15, 0.2) is 12.7 Å². The highest BCUT2D eigenvalue weighted by molar-refractivity contribution is 5.89. The summed E-state index contributed by atoms with van der Waals surface area (Å²) >= 11 is 0. The van der Waals surface area contributed by atoms with Crippen LogP contribution < -0.4 is 5.73 Å². The zero-order valence-corrected chi connectivity index (χ0v) is 9.12. The van der Waals surface area contributed by atoms with Gasteiger partial charge in [-0.05, 0) is 6.92 Å². The first-order valence-electron chi connectivity index (χ1n) is 4.51. The molecule has 1 unspecified atom stereocenters. The number of hydrogen-bond donors (Lipinski definition) is 2. The molecule has 0 heterocycles. The molecule has 5 nitrogen and oxygen atoms in total. The van der Waals surface area contributed by atoms with Crippen molar-refractivity contribution in [2.45, 2.75) is 18.6 Å². The number of nitrogens with two attached hydrogens (primary N) is 1. The number of nitrogens with zero attached hydrogens (tertiary/aromatic N) is 1. The summed E-state index contributed by atoms with van der Waals surface area (Å²) in [5.74, 6) is -2.94. The molecule has 0 saturated heterocycles. The molecule has 0 aliphatic rings. The van der Waals surface area contributed by atoms with Crippen LogP contribution in [-0.2, 0) is 9.59 Å². The molecule has 0 aromatic carbocycles. The molecule has 8 heteroatoms. The van der Waals surface area contributed by atoms with E-state index >= 15 is 0 Å². The highest BCUT2D eigenvalue weighted by Crippen LogP contribution is 2.29. The van der Waals surface area contributed by atoms with Crippen LogP contribution in [0.4, 0.5) is 13.2 Å². The van der Waals surface area contributed by atoms with Gasteiger partial charge in [-0.3, -0.25) is 9.59 Å². The maximum atomic E-state index is 12.5. The van der Waals surface area contributed by atoms with E-state index in [1.54, 1.807) is 0 Å². The van der Waals surface area contributed by atoms with E-state index < -0.39 is 30.1 Å². The molecule has 0 saturated carbocycles. The fraction of sp³-hybridized carbons (Fsp3) is 0.556. The van der Waals surface area contributed by atoms with Crippen LogP contribution in [0.3, 0.4) is 0 Å². The molecule has 0 bridgehead atoms. The molecule has 0 aliphatic carbocycles. The van der Waals surface area contributed by atoms with Gasteiger partial charge >= 0.3 is 12.1 Å². The smallest absolute Gasteiger partial charge is 0.415 e. The van der Waals surface area contributed by atoms with E-state index in [2.05, 4.69) is 6.58 Å². The van der Waals surface area contributed by atoms with Gasteiger partial charge in [-0.1, -0.05) is 6.08 Å². The summed E-state index contributed by atoms with van der Waals surface area (Å²) in [5, 5.41) is 8.48. The Labute approximate surface area is 95.7 Å². The minimum atomic E-state index is -4.96. The van der Waals surface area contributed by atoms with E-state index in [0.717, 1.165) is 6.08 Å². The second-order valence-electron chi connectivity index (χ2n) is 3.57. The molecule has 3 N–H and O–H groups in total. The Hall–Kier alpha value is -1.57. The Balaban J connectivity index is 5.07. The first kappa shape index (κ1) is 15.4. The minimum absolute atomic E-state index is 0.325. The molecule has 0 aliphatic heterocycles. The molecule has 0 radical (unpaired) electrons. The van der Waals surface area contributed by atoms with E-state index in [1.165, 1.54) is 0 Å². The van der Waals surface area contributed by atoms with E-state index in [1.807, 2.05) is 0 Å². The summed E-state index contributed by atoms with van der Waals surface area (Å²) in [6, 6.07) is 0. The largest absolute Gasteiger partial charge is 0.480 e. The van der Waals surface area contributed by atoms with Crippen molar-refractivity contribution in [3.63, 3.8) is 0 Å². The zero-order chi connectivity index (χ0) is 13.9. The Kier molecular flexibility index (Phi) is 4.70. The average molecular weight is 254 g/mol. The lowest BCUT2D eigenvalue weighted by atomic mass is 10.0. The number of halogens is 3. The highest BCUT2D eigenvalue weighted by atomic mass is 19.4. The highest BCUT2D eigenvalue weighted by Gasteiger charge is 2.55. The normalized spacial score (nSPS) is 14.9. The predicted octanol–water partition coefficient (Wildman–Crippen LogP) is 0.365. The second kappa shape index (κ2) is 5.17. The van der Waals surface area contributed by atoms with Crippen molar-refractivity contribution in [3.05, 3.63) is 12.7 Å². The van der Waals surface area contributed by atoms with Crippen LogP contribution in [-0.4, -0.2) is 46.7 Å². The number of rotatable bonds is 5. The molecule has 0 rings (SSSR count). The summed E-state index contributed by atoms with van der Waals surface area (Å²) in [4.78, 5) is 22.4. The van der Waals surface area contributed by atoms with Crippen LogP contribution in [0.5, 0.6) is 0 Å². The van der Waals surface area contributed by atoms with Gasteiger partial charge in [-0.15, -0.1) is 6.58 Å². The molecule has 98 valence electrons. The molecule has 0 aromatic heterocycles. The van der Waals surface area contributed by atoms with Crippen molar-refractivity contribution < 1.29 is 27.9 Å². The summed E-state index contributed by atoms with van der Waals surface area (Å²) in [7, 11) is 0. The number of carboxylic acid groups (broad SMARTS) is 1. The van der Waals surface area contributed by atoms with Crippen molar-refractivity contribution >= 4 is 11.9 Å². The lowest BCUT2D eigenvalue weighted by molar-refractivity contribution is -0.194. The van der Waals surface area contributed by atoms with Crippen molar-refractivity contribution in [1.29, 1.82) is 0 Å². The Morgan fingerprint density at radius 2 is 1.94 bits per heavy atom. The van der Waals surface area contributed by atoms with Gasteiger partial charge in [0.1, 0.15) is 6.54 Å². The Morgan fingerprint density at radius 3 is 2.24 bits per heavy atom. The quantitative estimate of drug-likeness (QED) is 0.694. The Bertz CT molecular complexity index is 326. The maximum absolute atomic E-state index is 12.5. The molecule has 17 heavy (non-hydrogen) atoms. The molecule has 0 fully saturated rings. The van der Waals surface area contributed by atoms with Crippen molar-refractivity contribution in [2.24, 2.45) is 5.73 Å². The predicted molar refractivity (Wildman–Crippen MR) is 53.1 cm³/mol. The van der Waals surface area contributed by atoms with Gasteiger partial charge in [0.2, 0.25) is 0 Å². The van der Waals surface area contributed by atoms with Crippen LogP contribution in [0, 0.1) is 0 Å². The third-order valence-electron chi connectivity index (χ3n) is 2.00. The summed E-state index contributed by atoms with van der Waals surface area (Å²) in [6.45, 7) is 2.53. The molecule has 1 amide bonds. The van der Waals surface area contributed by atoms with Crippen LogP contribution in [0.2, 0.25) is 0 Å². The van der Waals surface area contributed by atoms with Gasteiger partial charge in [0, 0.05) is 6.54 Å². The van der Waals surface area contributed by atoms with Gasteiger partial charge in [0.05, 0.1) is 0 Å². The standard InChI is InChI=1S/C9H13F3N2O3/c1-3-4-14(5-6(15)16)7(17)8(2,13)9(10,11)12/h3H,1,4-5,13H2,2H3,(H,15,16). The van der Waals surface area contributed by atoms with Gasteiger partial charge in [-0.2, -0.15) is 13.2 Å². The van der Waals surface area contributed by atoms with E-state index in [-0.39, 0.29) is 6.54 Å². The molecular weight excluding hydrogens is 241 g/mol. The number of amides is 1. The topological polar surface area (TPSA) is 83.6 Å². The van der Waals surface area contributed by atoms with Crippen molar-refractivity contribution in [3.8, 4) is 0 Å². The van der Waals surface area contributed by atoms with Crippen molar-refractivity contribution in [1.82, 2.24) is 4.90 Å². The summed E-state index contributed by atoms with van der Waals surface area (Å²) < 4.78 is 37.4. The first-order valence-corrected chi connectivity index (χ1v) is 4.51. The monoisotopic (exact) mass is 254 g/mol. The van der Waals surface area contributed by atoms with Crippen LogP contribution in [0.25, 0.3) is 0 Å². The van der Waals surface area contributed by atoms with Gasteiger partial charge in [0.25, 0.3) is 5.91 Å². The molecule has 0 aromatic rings. The third kappa shape index (κ3) is 3.74. The van der Waals surface area contributed by atoms with E-state index in [9.17, 15) is 22.8 Å². The number of carbonyl (C=O) groups is 2. The lowest BCUT2D eigenvalue weighted by Crippen LogP contribution is -2.62. The number of carbonyl (C=O) groups excluding carboxylic acids is 1. The van der Waals surface area contributed by atoms with Gasteiger partial charge in [-0.25, -0.2) is 0 Å². The molecular formula is C9H13F3N2O3. The van der Waals surface area contributed by atoms with Crippen molar-refractivity contribution in [2.75, 3.05) is 13.1 Å². The Morgan fingerprint density at radius 1 is 1.47 bits per heavy atom. The average Bonchev–Trinajstić information content (AvgIpc) is 2.13. The summed E-state index contributed by atoms with van der Waals surface area (Å²) in [5.41, 5.74) is 1.78. The SMILES string of the molecule is C=CCN(CC(=O)O)C(=O)C(C)(N)C(F)(F)F. The van der Waals surface area contributed by atoms with E-state index in [4.69, 9.17) is 10.8 Å². The number of hydrogen-bond acceptors (Lipinski definition) is 3. The second-order valence-corrected chi connectivity index (χ2v) is 3.57. The summed E-state index contributed by atoms with van der Waals surface area (Å²) in [6.07, 6.45) is -3.84. The fourth-order valence-corrected chi connectivity index (χ4v) is 0.988. The fourth-order valence-electron chi connectivity index (χ4n) is 0.988. The molecule has 0 spiro atoms. The maximum Gasteiger partial charge on any atom is 0.415 e. The van der Waals surface area contributed by atoms with Gasteiger partial charge in [0.15, 0.2) is 5.54 Å². The number of alkyl halides is 3. The first-order chi connectivity index (χ1) is 7.54. The zero-order valence-electron chi connectivity index (χ0n) is 9.12. The van der Waals surface area contributed by atoms with Gasteiger partial charge < -0.3 is 15.7 Å². The lowest BCUT2D eigenvalue weighted by Gasteiger charge is -2.31. The third-order valence-corrected chi connectivity index (χ3v) is 2.00. The number of aliphatic carboxylic acids is 1. The van der Waals surface area contributed by atoms with E-state index in [0.29, 0.717) is 11.8 Å². The minimum Gasteiger partial charge on any atom is -0.480 e. The number of carboxylic acids is 1. The van der Waals surface area contributed by atoms with Crippen LogP contribution in [0.1, 0.15) is 6.92 Å². The van der Waals surface area contributed by atoms with Crippen LogP contribution >= 0.6 is 0 Å².